The van der Waals surface area contributed by atoms with Crippen molar-refractivity contribution in [1.82, 2.24) is 9.55 Å². The molecule has 3 aromatic rings. The van der Waals surface area contributed by atoms with Gasteiger partial charge in [-0.3, -0.25) is 0 Å². The van der Waals surface area contributed by atoms with Crippen molar-refractivity contribution in [3.63, 3.8) is 0 Å². The highest BCUT2D eigenvalue weighted by molar-refractivity contribution is 7.71. The summed E-state index contributed by atoms with van der Waals surface area (Å²) < 4.78 is 2.99. The zero-order chi connectivity index (χ0) is 13.2. The number of aromatic amines is 1. The van der Waals surface area contributed by atoms with E-state index in [-0.39, 0.29) is 0 Å². The predicted octanol–water partition coefficient (Wildman–Crippen LogP) is 4.25. The van der Waals surface area contributed by atoms with Crippen LogP contribution in [0.5, 0.6) is 0 Å². The van der Waals surface area contributed by atoms with Crippen LogP contribution in [0.25, 0.3) is 11.0 Å². The lowest BCUT2D eigenvalue weighted by Gasteiger charge is -2.05. The Morgan fingerprint density at radius 2 is 1.89 bits per heavy atom. The number of benzene rings is 2. The van der Waals surface area contributed by atoms with Gasteiger partial charge in [-0.2, -0.15) is 0 Å². The summed E-state index contributed by atoms with van der Waals surface area (Å²) in [7, 11) is 0. The fourth-order valence-electron chi connectivity index (χ4n) is 2.37. The molecule has 0 saturated carbocycles. The molecule has 2 nitrogen and oxygen atoms in total. The number of H-pyrrole nitrogens is 1. The van der Waals surface area contributed by atoms with E-state index in [2.05, 4.69) is 58.9 Å². The molecule has 19 heavy (non-hydrogen) atoms. The molecule has 3 rings (SSSR count). The minimum Gasteiger partial charge on any atom is -0.331 e. The van der Waals surface area contributed by atoms with Gasteiger partial charge in [-0.25, -0.2) is 0 Å². The molecule has 0 unspecified atom stereocenters. The number of hydrogen-bond donors (Lipinski definition) is 1. The van der Waals surface area contributed by atoms with E-state index in [4.69, 9.17) is 12.2 Å². The lowest BCUT2D eigenvalue weighted by Crippen LogP contribution is -2.01. The number of aryl methyl sites for hydroxylation is 3. The van der Waals surface area contributed by atoms with Gasteiger partial charge in [0, 0.05) is 6.54 Å². The van der Waals surface area contributed by atoms with Crippen molar-refractivity contribution in [1.29, 1.82) is 0 Å². The number of fused-ring (bicyclic) bond motifs is 1. The summed E-state index contributed by atoms with van der Waals surface area (Å²) >= 11 is 5.42. The third kappa shape index (κ3) is 2.47. The van der Waals surface area contributed by atoms with Gasteiger partial charge in [-0.05, 0) is 48.8 Å². The standard InChI is InChI=1S/C16H16N2S/c1-12-7-8-14-15(11-12)18(16(19)17-14)10-9-13-5-3-2-4-6-13/h2-8,11H,9-10H2,1H3,(H,17,19). The summed E-state index contributed by atoms with van der Waals surface area (Å²) in [5.74, 6) is 0. The van der Waals surface area contributed by atoms with E-state index in [9.17, 15) is 0 Å². The number of rotatable bonds is 3. The van der Waals surface area contributed by atoms with Gasteiger partial charge < -0.3 is 9.55 Å². The molecule has 1 aromatic heterocycles. The first-order valence-electron chi connectivity index (χ1n) is 6.47. The molecule has 0 spiro atoms. The Hall–Kier alpha value is -1.87. The molecular weight excluding hydrogens is 252 g/mol. The number of nitrogens with one attached hydrogen (secondary N) is 1. The van der Waals surface area contributed by atoms with Gasteiger partial charge in [0.05, 0.1) is 11.0 Å². The van der Waals surface area contributed by atoms with E-state index in [1.54, 1.807) is 0 Å². The summed E-state index contributed by atoms with van der Waals surface area (Å²) in [6.07, 6.45) is 0.996. The SMILES string of the molecule is Cc1ccc2[nH]c(=S)n(CCc3ccccc3)c2c1. The highest BCUT2D eigenvalue weighted by Crippen LogP contribution is 2.16. The number of imidazole rings is 1. The molecule has 3 heteroatoms. The molecule has 0 aliphatic carbocycles. The van der Waals surface area contributed by atoms with Crippen LogP contribution in [0, 0.1) is 11.7 Å². The largest absolute Gasteiger partial charge is 0.331 e. The quantitative estimate of drug-likeness (QED) is 0.704. The molecule has 1 N–H and O–H groups in total. The smallest absolute Gasteiger partial charge is 0.178 e. The van der Waals surface area contributed by atoms with Crippen LogP contribution in [0.15, 0.2) is 48.5 Å². The molecule has 0 aliphatic heterocycles. The van der Waals surface area contributed by atoms with Crippen LogP contribution < -0.4 is 0 Å². The minimum absolute atomic E-state index is 0.802. The first-order chi connectivity index (χ1) is 9.24. The lowest BCUT2D eigenvalue weighted by molar-refractivity contribution is 0.706. The highest BCUT2D eigenvalue weighted by Gasteiger charge is 2.04. The fourth-order valence-corrected chi connectivity index (χ4v) is 2.67. The maximum Gasteiger partial charge on any atom is 0.178 e. The fraction of sp³-hybridized carbons (Fsp3) is 0.188. The Balaban J connectivity index is 1.94. The van der Waals surface area contributed by atoms with E-state index in [0.29, 0.717) is 0 Å². The Labute approximate surface area is 117 Å². The summed E-state index contributed by atoms with van der Waals surface area (Å²) in [5.41, 5.74) is 4.91. The average Bonchev–Trinajstić information content (AvgIpc) is 2.73. The first kappa shape index (κ1) is 12.2. The Bertz CT molecular complexity index is 753. The van der Waals surface area contributed by atoms with E-state index >= 15 is 0 Å². The zero-order valence-corrected chi connectivity index (χ0v) is 11.7. The van der Waals surface area contributed by atoms with Gasteiger partial charge in [0.1, 0.15) is 0 Å². The Morgan fingerprint density at radius 3 is 2.68 bits per heavy atom. The Kier molecular flexibility index (Phi) is 3.22. The molecule has 0 saturated heterocycles. The van der Waals surface area contributed by atoms with Crippen LogP contribution in [0.3, 0.4) is 0 Å². The summed E-state index contributed by atoms with van der Waals surface area (Å²) in [4.78, 5) is 3.27. The van der Waals surface area contributed by atoms with Gasteiger partial charge in [0.15, 0.2) is 4.77 Å². The molecule has 0 aliphatic rings. The third-order valence-electron chi connectivity index (χ3n) is 3.40. The second-order valence-electron chi connectivity index (χ2n) is 4.84. The van der Waals surface area contributed by atoms with Crippen molar-refractivity contribution in [2.45, 2.75) is 19.9 Å². The lowest BCUT2D eigenvalue weighted by atomic mass is 10.1. The maximum atomic E-state index is 5.42. The van der Waals surface area contributed by atoms with Crippen LogP contribution >= 0.6 is 12.2 Å². The van der Waals surface area contributed by atoms with Gasteiger partial charge >= 0.3 is 0 Å². The van der Waals surface area contributed by atoms with E-state index in [1.165, 1.54) is 16.6 Å². The van der Waals surface area contributed by atoms with Crippen molar-refractivity contribution in [2.75, 3.05) is 0 Å². The van der Waals surface area contributed by atoms with Crippen molar-refractivity contribution >= 4 is 23.3 Å². The van der Waals surface area contributed by atoms with Crippen LogP contribution in [0.4, 0.5) is 0 Å². The third-order valence-corrected chi connectivity index (χ3v) is 3.72. The van der Waals surface area contributed by atoms with Crippen LogP contribution in [-0.2, 0) is 13.0 Å². The minimum atomic E-state index is 0.802. The zero-order valence-electron chi connectivity index (χ0n) is 10.9. The number of aromatic nitrogens is 2. The maximum absolute atomic E-state index is 5.42. The molecule has 2 aromatic carbocycles. The average molecular weight is 268 g/mol. The van der Waals surface area contributed by atoms with E-state index < -0.39 is 0 Å². The van der Waals surface area contributed by atoms with Crippen molar-refractivity contribution in [3.8, 4) is 0 Å². The normalized spacial score (nSPS) is 11.0. The van der Waals surface area contributed by atoms with E-state index in [1.807, 2.05) is 6.07 Å². The number of nitrogens with zero attached hydrogens (tertiary/aromatic N) is 1. The topological polar surface area (TPSA) is 20.7 Å². The predicted molar refractivity (Wildman–Crippen MR) is 82.0 cm³/mol. The summed E-state index contributed by atoms with van der Waals surface area (Å²) in [5, 5.41) is 0. The molecule has 0 amide bonds. The van der Waals surface area contributed by atoms with Gasteiger partial charge in [0.25, 0.3) is 0 Å². The molecule has 0 radical (unpaired) electrons. The monoisotopic (exact) mass is 268 g/mol. The summed E-state index contributed by atoms with van der Waals surface area (Å²) in [6.45, 7) is 3.02. The second-order valence-corrected chi connectivity index (χ2v) is 5.22. The highest BCUT2D eigenvalue weighted by atomic mass is 32.1. The van der Waals surface area contributed by atoms with Gasteiger partial charge in [-0.1, -0.05) is 36.4 Å². The molecule has 0 atom stereocenters. The number of hydrogen-bond acceptors (Lipinski definition) is 1. The first-order valence-corrected chi connectivity index (χ1v) is 6.88. The molecule has 0 bridgehead atoms. The van der Waals surface area contributed by atoms with Gasteiger partial charge in [0.2, 0.25) is 0 Å². The van der Waals surface area contributed by atoms with Gasteiger partial charge in [-0.15, -0.1) is 0 Å². The van der Waals surface area contributed by atoms with Crippen molar-refractivity contribution in [2.24, 2.45) is 0 Å². The molecule has 0 fully saturated rings. The summed E-state index contributed by atoms with van der Waals surface area (Å²) in [6, 6.07) is 16.9. The van der Waals surface area contributed by atoms with Crippen LogP contribution in [0.1, 0.15) is 11.1 Å². The van der Waals surface area contributed by atoms with Crippen LogP contribution in [0.2, 0.25) is 0 Å². The molecular formula is C16H16N2S. The van der Waals surface area contributed by atoms with Crippen LogP contribution in [-0.4, -0.2) is 9.55 Å². The Morgan fingerprint density at radius 1 is 1.11 bits per heavy atom. The van der Waals surface area contributed by atoms with E-state index in [0.717, 1.165) is 23.3 Å². The molecule has 1 heterocycles. The second kappa shape index (κ2) is 5.02. The van der Waals surface area contributed by atoms with Crippen molar-refractivity contribution in [3.05, 3.63) is 64.4 Å². The van der Waals surface area contributed by atoms with Crippen molar-refractivity contribution < 1.29 is 0 Å². The molecule has 96 valence electrons.